The van der Waals surface area contributed by atoms with E-state index in [0.717, 1.165) is 72.5 Å². The van der Waals surface area contributed by atoms with E-state index >= 15 is 0 Å². The van der Waals surface area contributed by atoms with Crippen molar-refractivity contribution in [2.75, 3.05) is 4.90 Å². The molecule has 0 radical (unpaired) electrons. The van der Waals surface area contributed by atoms with Crippen molar-refractivity contribution in [1.82, 2.24) is 4.57 Å². The Labute approximate surface area is 330 Å². The van der Waals surface area contributed by atoms with Gasteiger partial charge in [0.1, 0.15) is 11.2 Å². The van der Waals surface area contributed by atoms with E-state index < -0.39 is 0 Å². The Morgan fingerprint density at radius 1 is 0.351 bits per heavy atom. The van der Waals surface area contributed by atoms with Gasteiger partial charge in [0.05, 0.1) is 16.7 Å². The average Bonchev–Trinajstić information content (AvgIpc) is 3.82. The van der Waals surface area contributed by atoms with Crippen molar-refractivity contribution in [1.29, 1.82) is 0 Å². The molecule has 0 amide bonds. The highest BCUT2D eigenvalue weighted by atomic mass is 16.3. The van der Waals surface area contributed by atoms with Gasteiger partial charge in [0.2, 0.25) is 0 Å². The Morgan fingerprint density at radius 3 is 1.70 bits per heavy atom. The minimum atomic E-state index is 0.853. The summed E-state index contributed by atoms with van der Waals surface area (Å²) in [7, 11) is 0. The van der Waals surface area contributed by atoms with Gasteiger partial charge in [0.25, 0.3) is 0 Å². The summed E-state index contributed by atoms with van der Waals surface area (Å²) in [6, 6.07) is 78.2. The number of furan rings is 1. The van der Waals surface area contributed by atoms with Crippen molar-refractivity contribution in [3.05, 3.63) is 218 Å². The van der Waals surface area contributed by atoms with Gasteiger partial charge >= 0.3 is 0 Å². The molecule has 268 valence electrons. The lowest BCUT2D eigenvalue weighted by Gasteiger charge is -2.30. The highest BCUT2D eigenvalue weighted by Crippen LogP contribution is 2.49. The van der Waals surface area contributed by atoms with Gasteiger partial charge in [-0.05, 0) is 88.5 Å². The molecule has 2 aromatic heterocycles. The molecule has 0 aliphatic carbocycles. The van der Waals surface area contributed by atoms with Gasteiger partial charge in [0, 0.05) is 50.2 Å². The Bertz CT molecular complexity index is 3230. The molecular formula is C54H36N2O. The van der Waals surface area contributed by atoms with Crippen molar-refractivity contribution in [3.63, 3.8) is 0 Å². The number of aromatic nitrogens is 1. The second kappa shape index (κ2) is 13.6. The quantitative estimate of drug-likeness (QED) is 0.163. The maximum atomic E-state index is 6.55. The Balaban J connectivity index is 1.23. The second-order valence-electron chi connectivity index (χ2n) is 14.5. The third-order valence-electron chi connectivity index (χ3n) is 11.2. The predicted molar refractivity (Wildman–Crippen MR) is 239 cm³/mol. The van der Waals surface area contributed by atoms with Gasteiger partial charge in [-0.3, -0.25) is 0 Å². The fourth-order valence-corrected chi connectivity index (χ4v) is 8.67. The van der Waals surface area contributed by atoms with Gasteiger partial charge < -0.3 is 13.9 Å². The molecule has 0 fully saturated rings. The molecule has 0 spiro atoms. The molecule has 9 aromatic carbocycles. The molecule has 0 saturated carbocycles. The van der Waals surface area contributed by atoms with Crippen LogP contribution in [0.25, 0.3) is 82.8 Å². The van der Waals surface area contributed by atoms with Crippen LogP contribution in [0.4, 0.5) is 17.1 Å². The van der Waals surface area contributed by atoms with E-state index in [1.54, 1.807) is 0 Å². The summed E-state index contributed by atoms with van der Waals surface area (Å²) >= 11 is 0. The van der Waals surface area contributed by atoms with Gasteiger partial charge in [-0.1, -0.05) is 152 Å². The molecule has 3 heteroatoms. The molecule has 2 heterocycles. The lowest BCUT2D eigenvalue weighted by atomic mass is 9.87. The van der Waals surface area contributed by atoms with Crippen molar-refractivity contribution >= 4 is 60.8 Å². The first-order valence-corrected chi connectivity index (χ1v) is 19.4. The standard InChI is InChI=1S/C54H36N2O/c1-4-17-37(18-5-1)42-23-10-11-26-47(42)54-43(38-19-6-2-7-20-38)27-16-29-51(54)55(41-31-33-46-45-25-13-15-30-52(45)57-53(46)36-41)40-32-34-50-48(35-40)44-24-12-14-28-49(44)56(50)39-21-8-3-9-22-39/h1-36H. The summed E-state index contributed by atoms with van der Waals surface area (Å²) in [6.07, 6.45) is 0. The molecule has 57 heavy (non-hydrogen) atoms. The van der Waals surface area contributed by atoms with Gasteiger partial charge in [-0.2, -0.15) is 0 Å². The first-order chi connectivity index (χ1) is 28.3. The number of para-hydroxylation sites is 3. The number of benzene rings is 9. The molecule has 0 unspecified atom stereocenters. The lowest BCUT2D eigenvalue weighted by Crippen LogP contribution is -2.12. The molecule has 0 atom stereocenters. The zero-order valence-corrected chi connectivity index (χ0v) is 31.1. The Morgan fingerprint density at radius 2 is 0.912 bits per heavy atom. The molecule has 0 bridgehead atoms. The third-order valence-corrected chi connectivity index (χ3v) is 11.2. The van der Waals surface area contributed by atoms with Crippen LogP contribution in [0.15, 0.2) is 223 Å². The predicted octanol–water partition coefficient (Wildman–Crippen LogP) is 15.2. The molecular weight excluding hydrogens is 693 g/mol. The highest BCUT2D eigenvalue weighted by Gasteiger charge is 2.24. The maximum Gasteiger partial charge on any atom is 0.137 e. The molecule has 11 rings (SSSR count). The number of hydrogen-bond donors (Lipinski definition) is 0. The fourth-order valence-electron chi connectivity index (χ4n) is 8.67. The van der Waals surface area contributed by atoms with E-state index in [1.807, 2.05) is 12.1 Å². The van der Waals surface area contributed by atoms with E-state index in [9.17, 15) is 0 Å². The zero-order valence-electron chi connectivity index (χ0n) is 31.1. The normalized spacial score (nSPS) is 11.5. The monoisotopic (exact) mass is 728 g/mol. The van der Waals surface area contributed by atoms with Crippen LogP contribution in [0.5, 0.6) is 0 Å². The molecule has 3 nitrogen and oxygen atoms in total. The van der Waals surface area contributed by atoms with Crippen LogP contribution in [-0.4, -0.2) is 4.57 Å². The van der Waals surface area contributed by atoms with Crippen LogP contribution in [0.2, 0.25) is 0 Å². The van der Waals surface area contributed by atoms with Crippen molar-refractivity contribution in [2.45, 2.75) is 0 Å². The summed E-state index contributed by atoms with van der Waals surface area (Å²) in [5.41, 5.74) is 15.3. The van der Waals surface area contributed by atoms with E-state index in [0.29, 0.717) is 0 Å². The Kier molecular flexibility index (Phi) is 7.82. The van der Waals surface area contributed by atoms with Crippen LogP contribution in [0, 0.1) is 0 Å². The lowest BCUT2D eigenvalue weighted by molar-refractivity contribution is 0.669. The van der Waals surface area contributed by atoms with E-state index in [2.05, 4.69) is 216 Å². The smallest absolute Gasteiger partial charge is 0.137 e. The second-order valence-corrected chi connectivity index (χ2v) is 14.5. The third kappa shape index (κ3) is 5.51. The van der Waals surface area contributed by atoms with Crippen LogP contribution >= 0.6 is 0 Å². The molecule has 0 aliphatic rings. The SMILES string of the molecule is c1ccc(-c2ccccc2-c2c(-c3ccccc3)cccc2N(c2ccc3c(c2)oc2ccccc23)c2ccc3c(c2)c2ccccc2n3-c2ccccc2)cc1. The number of anilines is 3. The van der Waals surface area contributed by atoms with Gasteiger partial charge in [-0.15, -0.1) is 0 Å². The van der Waals surface area contributed by atoms with E-state index in [4.69, 9.17) is 4.42 Å². The van der Waals surface area contributed by atoms with Crippen molar-refractivity contribution < 1.29 is 4.42 Å². The number of nitrogens with zero attached hydrogens (tertiary/aromatic N) is 2. The molecule has 11 aromatic rings. The van der Waals surface area contributed by atoms with Gasteiger partial charge in [0.15, 0.2) is 0 Å². The van der Waals surface area contributed by atoms with Crippen LogP contribution in [-0.2, 0) is 0 Å². The maximum absolute atomic E-state index is 6.55. The first kappa shape index (κ1) is 32.8. The minimum absolute atomic E-state index is 0.853. The van der Waals surface area contributed by atoms with Crippen molar-refractivity contribution in [3.8, 4) is 39.1 Å². The average molecular weight is 729 g/mol. The summed E-state index contributed by atoms with van der Waals surface area (Å²) in [5.74, 6) is 0. The number of rotatable bonds is 7. The van der Waals surface area contributed by atoms with E-state index in [1.165, 1.54) is 27.4 Å². The first-order valence-electron chi connectivity index (χ1n) is 19.4. The van der Waals surface area contributed by atoms with Crippen LogP contribution in [0.1, 0.15) is 0 Å². The number of hydrogen-bond acceptors (Lipinski definition) is 2. The summed E-state index contributed by atoms with van der Waals surface area (Å²) in [6.45, 7) is 0. The van der Waals surface area contributed by atoms with Crippen molar-refractivity contribution in [2.24, 2.45) is 0 Å². The fraction of sp³-hybridized carbons (Fsp3) is 0. The zero-order chi connectivity index (χ0) is 37.7. The highest BCUT2D eigenvalue weighted by molar-refractivity contribution is 6.12. The topological polar surface area (TPSA) is 21.3 Å². The summed E-state index contributed by atoms with van der Waals surface area (Å²) in [5, 5.41) is 4.61. The Hall–Kier alpha value is -7.62. The minimum Gasteiger partial charge on any atom is -0.456 e. The van der Waals surface area contributed by atoms with Crippen LogP contribution in [0.3, 0.4) is 0 Å². The van der Waals surface area contributed by atoms with Gasteiger partial charge in [-0.25, -0.2) is 0 Å². The summed E-state index contributed by atoms with van der Waals surface area (Å²) in [4.78, 5) is 2.42. The number of fused-ring (bicyclic) bond motifs is 6. The molecule has 0 saturated heterocycles. The van der Waals surface area contributed by atoms with E-state index in [-0.39, 0.29) is 0 Å². The summed E-state index contributed by atoms with van der Waals surface area (Å²) < 4.78 is 8.92. The van der Waals surface area contributed by atoms with Crippen LogP contribution < -0.4 is 4.90 Å². The largest absolute Gasteiger partial charge is 0.456 e. The molecule has 0 N–H and O–H groups in total. The molecule has 0 aliphatic heterocycles.